The molecule has 1 unspecified atom stereocenters. The van der Waals surface area contributed by atoms with Crippen LogP contribution in [-0.4, -0.2) is 58.5 Å². The van der Waals surface area contributed by atoms with Crippen LogP contribution in [0.3, 0.4) is 0 Å². The molecule has 1 atom stereocenters. The fourth-order valence-electron chi connectivity index (χ4n) is 5.70. The lowest BCUT2D eigenvalue weighted by molar-refractivity contribution is -0.916. The molecule has 0 amide bonds. The SMILES string of the molecule is CCCCCCCCCCCCCC(CCC)[N+](C)(C)CCCCCCCCCC(OC)(OC)OC. The number of hydrogen-bond donors (Lipinski definition) is 0. The predicted octanol–water partition coefficient (Wildman–Crippen LogP) is 9.65. The Kier molecular flexibility index (Phi) is 23.8. The second-order valence-electron chi connectivity index (χ2n) is 11.8. The number of unbranched alkanes of at least 4 members (excludes halogenated alkanes) is 16. The van der Waals surface area contributed by atoms with Gasteiger partial charge in [-0.25, -0.2) is 0 Å². The van der Waals surface area contributed by atoms with E-state index in [0.29, 0.717) is 0 Å². The van der Waals surface area contributed by atoms with Crippen molar-refractivity contribution in [2.24, 2.45) is 0 Å². The van der Waals surface area contributed by atoms with Gasteiger partial charge in [-0.05, 0) is 38.5 Å². The number of nitrogens with zero attached hydrogens (tertiary/aromatic N) is 1. The molecule has 0 aromatic heterocycles. The highest BCUT2D eigenvalue weighted by Gasteiger charge is 2.28. The van der Waals surface area contributed by atoms with Gasteiger partial charge in [0.2, 0.25) is 0 Å². The van der Waals surface area contributed by atoms with Gasteiger partial charge >= 0.3 is 0 Å². The summed E-state index contributed by atoms with van der Waals surface area (Å²) in [5.74, 6) is -0.855. The standard InChI is InChI=1S/C32H68NO3/c1-8-10-11-12-13-14-15-16-18-21-24-28-31(27-9-2)33(3,4)30-26-23-20-17-19-22-25-29-32(34-5,35-6)36-7/h31H,8-30H2,1-7H3/q+1. The summed E-state index contributed by atoms with van der Waals surface area (Å²) in [6.07, 6.45) is 29.8. The third-order valence-electron chi connectivity index (χ3n) is 8.40. The summed E-state index contributed by atoms with van der Waals surface area (Å²) >= 11 is 0. The predicted molar refractivity (Wildman–Crippen MR) is 157 cm³/mol. The number of quaternary nitrogens is 1. The zero-order chi connectivity index (χ0) is 27.0. The highest BCUT2D eigenvalue weighted by Crippen LogP contribution is 2.23. The first-order valence-corrected chi connectivity index (χ1v) is 15.9. The van der Waals surface area contributed by atoms with E-state index in [1.54, 1.807) is 21.3 Å². The minimum atomic E-state index is -0.855. The minimum absolute atomic E-state index is 0.792. The van der Waals surface area contributed by atoms with Crippen molar-refractivity contribution in [2.45, 2.75) is 167 Å². The Labute approximate surface area is 227 Å². The lowest BCUT2D eigenvalue weighted by Gasteiger charge is -2.38. The van der Waals surface area contributed by atoms with E-state index in [4.69, 9.17) is 14.2 Å². The van der Waals surface area contributed by atoms with Gasteiger partial charge in [0.1, 0.15) is 0 Å². The fourth-order valence-corrected chi connectivity index (χ4v) is 5.70. The van der Waals surface area contributed by atoms with Crippen molar-refractivity contribution in [1.82, 2.24) is 0 Å². The van der Waals surface area contributed by atoms with Crippen molar-refractivity contribution >= 4 is 0 Å². The molecule has 0 N–H and O–H groups in total. The van der Waals surface area contributed by atoms with Crippen LogP contribution in [0.2, 0.25) is 0 Å². The molecule has 0 spiro atoms. The smallest absolute Gasteiger partial charge is 0.282 e. The third kappa shape index (κ3) is 18.2. The summed E-state index contributed by atoms with van der Waals surface area (Å²) in [6, 6.07) is 0.844. The topological polar surface area (TPSA) is 27.7 Å². The molecule has 0 aliphatic rings. The van der Waals surface area contributed by atoms with Gasteiger partial charge in [-0.15, -0.1) is 0 Å². The summed E-state index contributed by atoms with van der Waals surface area (Å²) in [4.78, 5) is 0. The molecule has 0 heterocycles. The molecule has 0 aliphatic heterocycles. The van der Waals surface area contributed by atoms with Crippen molar-refractivity contribution in [3.63, 3.8) is 0 Å². The molecule has 0 aromatic rings. The first kappa shape index (κ1) is 35.8. The lowest BCUT2D eigenvalue weighted by atomic mass is 9.98. The van der Waals surface area contributed by atoms with Crippen LogP contribution in [0.4, 0.5) is 0 Å². The largest absolute Gasteiger partial charge is 0.331 e. The van der Waals surface area contributed by atoms with Gasteiger partial charge < -0.3 is 18.7 Å². The number of hydrogen-bond acceptors (Lipinski definition) is 3. The molecule has 218 valence electrons. The van der Waals surface area contributed by atoms with E-state index in [1.807, 2.05) is 0 Å². The highest BCUT2D eigenvalue weighted by atomic mass is 16.9. The monoisotopic (exact) mass is 515 g/mol. The molecule has 0 fully saturated rings. The Balaban J connectivity index is 3.89. The number of methoxy groups -OCH3 is 3. The molecule has 4 nitrogen and oxygen atoms in total. The first-order chi connectivity index (χ1) is 17.4. The van der Waals surface area contributed by atoms with Crippen LogP contribution < -0.4 is 0 Å². The van der Waals surface area contributed by atoms with Gasteiger partial charge in [-0.3, -0.25) is 0 Å². The zero-order valence-corrected chi connectivity index (χ0v) is 26.0. The van der Waals surface area contributed by atoms with Gasteiger partial charge in [0.15, 0.2) is 0 Å². The molecule has 0 saturated carbocycles. The van der Waals surface area contributed by atoms with Crippen LogP contribution >= 0.6 is 0 Å². The zero-order valence-electron chi connectivity index (χ0n) is 26.0. The van der Waals surface area contributed by atoms with Gasteiger partial charge in [0.25, 0.3) is 5.97 Å². The van der Waals surface area contributed by atoms with Crippen LogP contribution in [0.5, 0.6) is 0 Å². The van der Waals surface area contributed by atoms with E-state index in [2.05, 4.69) is 27.9 Å². The van der Waals surface area contributed by atoms with Crippen LogP contribution in [-0.2, 0) is 14.2 Å². The van der Waals surface area contributed by atoms with E-state index < -0.39 is 5.97 Å². The Hall–Kier alpha value is -0.160. The van der Waals surface area contributed by atoms with E-state index in [1.165, 1.54) is 139 Å². The molecular formula is C32H68NO3+. The summed E-state index contributed by atoms with van der Waals surface area (Å²) in [7, 11) is 9.93. The molecule has 0 saturated heterocycles. The molecular weight excluding hydrogens is 446 g/mol. The van der Waals surface area contributed by atoms with Crippen LogP contribution in [0.1, 0.15) is 155 Å². The summed E-state index contributed by atoms with van der Waals surface area (Å²) in [6.45, 7) is 6.00. The molecule has 0 aromatic carbocycles. The van der Waals surface area contributed by atoms with Crippen molar-refractivity contribution in [3.8, 4) is 0 Å². The maximum atomic E-state index is 5.38. The fraction of sp³-hybridized carbons (Fsp3) is 1.00. The van der Waals surface area contributed by atoms with Gasteiger partial charge in [-0.2, -0.15) is 0 Å². The van der Waals surface area contributed by atoms with E-state index in [0.717, 1.165) is 18.9 Å². The van der Waals surface area contributed by atoms with E-state index in [9.17, 15) is 0 Å². The highest BCUT2D eigenvalue weighted by molar-refractivity contribution is 4.61. The molecule has 4 heteroatoms. The van der Waals surface area contributed by atoms with Crippen molar-refractivity contribution < 1.29 is 18.7 Å². The molecule has 36 heavy (non-hydrogen) atoms. The Morgan fingerprint density at radius 2 is 0.917 bits per heavy atom. The number of rotatable bonds is 28. The maximum absolute atomic E-state index is 5.38. The van der Waals surface area contributed by atoms with Crippen molar-refractivity contribution in [2.75, 3.05) is 42.0 Å². The quantitative estimate of drug-likeness (QED) is 0.0591. The maximum Gasteiger partial charge on any atom is 0.282 e. The Morgan fingerprint density at radius 3 is 1.36 bits per heavy atom. The van der Waals surface area contributed by atoms with E-state index >= 15 is 0 Å². The summed E-state index contributed by atoms with van der Waals surface area (Å²) in [5, 5.41) is 0. The third-order valence-corrected chi connectivity index (χ3v) is 8.40. The van der Waals surface area contributed by atoms with E-state index in [-0.39, 0.29) is 0 Å². The molecule has 0 bridgehead atoms. The lowest BCUT2D eigenvalue weighted by Crippen LogP contribution is -2.49. The first-order valence-electron chi connectivity index (χ1n) is 15.9. The summed E-state index contributed by atoms with van der Waals surface area (Å²) in [5.41, 5.74) is 0. The number of ether oxygens (including phenoxy) is 3. The van der Waals surface area contributed by atoms with Gasteiger partial charge in [-0.1, -0.05) is 110 Å². The van der Waals surface area contributed by atoms with Gasteiger partial charge in [0.05, 0.1) is 26.7 Å². The van der Waals surface area contributed by atoms with Gasteiger partial charge in [0, 0.05) is 27.8 Å². The van der Waals surface area contributed by atoms with Crippen molar-refractivity contribution in [1.29, 1.82) is 0 Å². The molecule has 0 aliphatic carbocycles. The molecule has 0 radical (unpaired) electrons. The minimum Gasteiger partial charge on any atom is -0.331 e. The average molecular weight is 515 g/mol. The van der Waals surface area contributed by atoms with Crippen LogP contribution in [0.25, 0.3) is 0 Å². The second kappa shape index (κ2) is 23.9. The van der Waals surface area contributed by atoms with Crippen LogP contribution in [0, 0.1) is 0 Å². The second-order valence-corrected chi connectivity index (χ2v) is 11.8. The van der Waals surface area contributed by atoms with Crippen molar-refractivity contribution in [3.05, 3.63) is 0 Å². The Bertz CT molecular complexity index is 442. The molecule has 0 rings (SSSR count). The Morgan fingerprint density at radius 1 is 0.500 bits per heavy atom. The average Bonchev–Trinajstić information content (AvgIpc) is 2.88. The van der Waals surface area contributed by atoms with Crippen LogP contribution in [0.15, 0.2) is 0 Å². The normalized spacial score (nSPS) is 13.4. The summed E-state index contributed by atoms with van der Waals surface area (Å²) < 4.78 is 17.4.